The average Bonchev–Trinajstić information content (AvgIpc) is 2.69. The molecule has 0 N–H and O–H groups in total. The van der Waals surface area contributed by atoms with E-state index >= 15 is 0 Å². The molecule has 2 rings (SSSR count). The summed E-state index contributed by atoms with van der Waals surface area (Å²) in [5.41, 5.74) is 0. The Balaban J connectivity index is 2.12. The Morgan fingerprint density at radius 1 is 1.60 bits per heavy atom. The van der Waals surface area contributed by atoms with Gasteiger partial charge in [0.2, 0.25) is 10.0 Å². The lowest BCUT2D eigenvalue weighted by molar-refractivity contribution is 0.317. The second kappa shape index (κ2) is 4.19. The molecule has 6 heteroatoms. The summed E-state index contributed by atoms with van der Waals surface area (Å²) in [4.78, 5) is 4.25. The van der Waals surface area contributed by atoms with Gasteiger partial charge in [-0.25, -0.2) is 17.7 Å². The van der Waals surface area contributed by atoms with Gasteiger partial charge in [0.15, 0.2) is 0 Å². The van der Waals surface area contributed by atoms with Crippen LogP contribution >= 0.6 is 11.3 Å². The van der Waals surface area contributed by atoms with E-state index in [4.69, 9.17) is 0 Å². The minimum absolute atomic E-state index is 0.286. The quantitative estimate of drug-likeness (QED) is 0.790. The Bertz CT molecular complexity index is 413. The Labute approximate surface area is 94.0 Å². The summed E-state index contributed by atoms with van der Waals surface area (Å²) >= 11 is 1.61. The third kappa shape index (κ3) is 2.56. The van der Waals surface area contributed by atoms with Crippen molar-refractivity contribution < 1.29 is 8.42 Å². The highest BCUT2D eigenvalue weighted by Crippen LogP contribution is 2.28. The van der Waals surface area contributed by atoms with E-state index in [1.54, 1.807) is 21.8 Å². The van der Waals surface area contributed by atoms with Crippen molar-refractivity contribution in [3.8, 4) is 0 Å². The molecule has 1 saturated heterocycles. The zero-order valence-electron chi connectivity index (χ0n) is 8.59. The maximum absolute atomic E-state index is 11.4. The first-order chi connectivity index (χ1) is 7.07. The summed E-state index contributed by atoms with van der Waals surface area (Å²) in [5.74, 6) is 0.286. The van der Waals surface area contributed by atoms with E-state index in [9.17, 15) is 8.42 Å². The molecule has 1 aliphatic heterocycles. The molecule has 0 spiro atoms. The van der Waals surface area contributed by atoms with Crippen molar-refractivity contribution in [2.24, 2.45) is 0 Å². The Hall–Kier alpha value is -0.460. The molecule has 15 heavy (non-hydrogen) atoms. The fourth-order valence-electron chi connectivity index (χ4n) is 1.88. The molecule has 1 aromatic rings. The van der Waals surface area contributed by atoms with E-state index in [0.29, 0.717) is 13.1 Å². The molecule has 0 saturated carbocycles. The van der Waals surface area contributed by atoms with Gasteiger partial charge in [0.1, 0.15) is 0 Å². The molecule has 2 heterocycles. The average molecular weight is 246 g/mol. The van der Waals surface area contributed by atoms with Gasteiger partial charge in [-0.05, 0) is 12.8 Å². The summed E-state index contributed by atoms with van der Waals surface area (Å²) in [5, 5.41) is 3.00. The van der Waals surface area contributed by atoms with E-state index in [1.807, 2.05) is 5.38 Å². The van der Waals surface area contributed by atoms with Gasteiger partial charge in [0, 0.05) is 30.6 Å². The molecule has 0 bridgehead atoms. The van der Waals surface area contributed by atoms with Crippen molar-refractivity contribution in [2.75, 3.05) is 19.3 Å². The largest absolute Gasteiger partial charge is 0.249 e. The molecule has 0 aromatic carbocycles. The third-order valence-corrected chi connectivity index (χ3v) is 4.86. The molecule has 1 aliphatic rings. The smallest absolute Gasteiger partial charge is 0.211 e. The Morgan fingerprint density at radius 2 is 2.40 bits per heavy atom. The number of rotatable bonds is 2. The lowest BCUT2D eigenvalue weighted by Gasteiger charge is -2.29. The lowest BCUT2D eigenvalue weighted by atomic mass is 10.0. The van der Waals surface area contributed by atoms with Crippen LogP contribution in [0.5, 0.6) is 0 Å². The molecule has 1 aromatic heterocycles. The Kier molecular flexibility index (Phi) is 3.08. The molecule has 1 fully saturated rings. The summed E-state index contributed by atoms with van der Waals surface area (Å²) in [6, 6.07) is 0. The normalized spacial score (nSPS) is 24.2. The van der Waals surface area contributed by atoms with Crippen LogP contribution in [0.2, 0.25) is 0 Å². The first kappa shape index (κ1) is 11.0. The number of aromatic nitrogens is 1. The molecule has 0 amide bonds. The molecule has 1 atom stereocenters. The van der Waals surface area contributed by atoms with Crippen molar-refractivity contribution in [2.45, 2.75) is 18.8 Å². The maximum atomic E-state index is 11.4. The van der Waals surface area contributed by atoms with Crippen LogP contribution in [0.3, 0.4) is 0 Å². The van der Waals surface area contributed by atoms with Crippen LogP contribution in [0.25, 0.3) is 0 Å². The minimum atomic E-state index is -3.04. The van der Waals surface area contributed by atoms with Crippen molar-refractivity contribution >= 4 is 21.4 Å². The molecular formula is C9H14N2O2S2. The molecule has 84 valence electrons. The standard InChI is InChI=1S/C9H14N2O2S2/c1-15(12,13)11-5-2-3-8(7-11)9-10-4-6-14-9/h4,6,8H,2-3,5,7H2,1H3/t8-/m1/s1. The van der Waals surface area contributed by atoms with Gasteiger partial charge >= 0.3 is 0 Å². The van der Waals surface area contributed by atoms with Crippen LogP contribution in [0.15, 0.2) is 11.6 Å². The fraction of sp³-hybridized carbons (Fsp3) is 0.667. The molecule has 0 unspecified atom stereocenters. The number of piperidine rings is 1. The minimum Gasteiger partial charge on any atom is -0.249 e. The summed E-state index contributed by atoms with van der Waals surface area (Å²) < 4.78 is 24.4. The summed E-state index contributed by atoms with van der Waals surface area (Å²) in [6.45, 7) is 1.24. The zero-order chi connectivity index (χ0) is 10.9. The van der Waals surface area contributed by atoms with Gasteiger partial charge in [-0.2, -0.15) is 0 Å². The molecular weight excluding hydrogens is 232 g/mol. The second-order valence-corrected chi connectivity index (χ2v) is 6.74. The monoisotopic (exact) mass is 246 g/mol. The maximum Gasteiger partial charge on any atom is 0.211 e. The third-order valence-electron chi connectivity index (χ3n) is 2.65. The van der Waals surface area contributed by atoms with E-state index < -0.39 is 10.0 Å². The van der Waals surface area contributed by atoms with Crippen LogP contribution < -0.4 is 0 Å². The number of thiazole rings is 1. The van der Waals surface area contributed by atoms with Crippen LogP contribution in [0.1, 0.15) is 23.8 Å². The van der Waals surface area contributed by atoms with Gasteiger partial charge < -0.3 is 0 Å². The van der Waals surface area contributed by atoms with Crippen LogP contribution in [-0.4, -0.2) is 37.1 Å². The number of hydrogen-bond donors (Lipinski definition) is 0. The Morgan fingerprint density at radius 3 is 3.00 bits per heavy atom. The van der Waals surface area contributed by atoms with Crippen LogP contribution in [0, 0.1) is 0 Å². The van der Waals surface area contributed by atoms with E-state index in [-0.39, 0.29) is 5.92 Å². The van der Waals surface area contributed by atoms with Gasteiger partial charge in [-0.15, -0.1) is 11.3 Å². The van der Waals surface area contributed by atoms with Crippen molar-refractivity contribution in [3.05, 3.63) is 16.6 Å². The summed E-state index contributed by atoms with van der Waals surface area (Å²) in [7, 11) is -3.04. The first-order valence-corrected chi connectivity index (χ1v) is 7.64. The second-order valence-electron chi connectivity index (χ2n) is 3.83. The number of nitrogens with zero attached hydrogens (tertiary/aromatic N) is 2. The summed E-state index contributed by atoms with van der Waals surface area (Å²) in [6.07, 6.45) is 5.02. The number of sulfonamides is 1. The van der Waals surface area contributed by atoms with Crippen LogP contribution in [0.4, 0.5) is 0 Å². The number of hydrogen-bond acceptors (Lipinski definition) is 4. The van der Waals surface area contributed by atoms with Crippen molar-refractivity contribution in [1.82, 2.24) is 9.29 Å². The highest BCUT2D eigenvalue weighted by atomic mass is 32.2. The molecule has 0 aliphatic carbocycles. The van der Waals surface area contributed by atoms with Gasteiger partial charge in [-0.1, -0.05) is 0 Å². The SMILES string of the molecule is CS(=O)(=O)N1CCC[C@@H](c2nccs2)C1. The zero-order valence-corrected chi connectivity index (χ0v) is 10.2. The van der Waals surface area contributed by atoms with Crippen molar-refractivity contribution in [1.29, 1.82) is 0 Å². The highest BCUT2D eigenvalue weighted by molar-refractivity contribution is 7.88. The topological polar surface area (TPSA) is 50.3 Å². The predicted molar refractivity (Wildman–Crippen MR) is 60.5 cm³/mol. The lowest BCUT2D eigenvalue weighted by Crippen LogP contribution is -2.38. The van der Waals surface area contributed by atoms with E-state index in [0.717, 1.165) is 17.8 Å². The van der Waals surface area contributed by atoms with Gasteiger partial charge in [-0.3, -0.25) is 0 Å². The van der Waals surface area contributed by atoms with Gasteiger partial charge in [0.05, 0.1) is 11.3 Å². The molecule has 0 radical (unpaired) electrons. The van der Waals surface area contributed by atoms with Gasteiger partial charge in [0.25, 0.3) is 0 Å². The predicted octanol–water partition coefficient (Wildman–Crippen LogP) is 1.28. The highest BCUT2D eigenvalue weighted by Gasteiger charge is 2.27. The molecule has 4 nitrogen and oxygen atoms in total. The first-order valence-electron chi connectivity index (χ1n) is 4.92. The fourth-order valence-corrected chi connectivity index (χ4v) is 3.56. The van der Waals surface area contributed by atoms with E-state index in [1.165, 1.54) is 6.26 Å². The van der Waals surface area contributed by atoms with E-state index in [2.05, 4.69) is 4.98 Å². The van der Waals surface area contributed by atoms with Crippen molar-refractivity contribution in [3.63, 3.8) is 0 Å². The van der Waals surface area contributed by atoms with Crippen LogP contribution in [-0.2, 0) is 10.0 Å².